The average Bonchev–Trinajstić information content (AvgIpc) is 2.89. The summed E-state index contributed by atoms with van der Waals surface area (Å²) >= 11 is 3.29. The molecule has 1 atom stereocenters. The minimum Gasteiger partial charge on any atom is -0.453 e. The SMILES string of the molecule is CC(NCCc1cnc[nH]1)c1ccc(Br)o1. The lowest BCUT2D eigenvalue weighted by Gasteiger charge is -2.10. The standard InChI is InChI=1S/C11H14BrN3O/c1-8(10-2-3-11(12)16-10)14-5-4-9-6-13-7-15-9/h2-3,6-8,14H,4-5H2,1H3,(H,13,15). The minimum atomic E-state index is 0.217. The second-order valence-electron chi connectivity index (χ2n) is 3.64. The third-order valence-corrected chi connectivity index (χ3v) is 2.85. The first-order chi connectivity index (χ1) is 7.75. The fourth-order valence-corrected chi connectivity index (χ4v) is 1.83. The number of H-pyrrole nitrogens is 1. The Balaban J connectivity index is 1.78. The lowest BCUT2D eigenvalue weighted by atomic mass is 10.2. The quantitative estimate of drug-likeness (QED) is 0.887. The molecule has 0 aromatic carbocycles. The molecule has 2 N–H and O–H groups in total. The normalized spacial score (nSPS) is 12.9. The van der Waals surface area contributed by atoms with E-state index in [2.05, 4.69) is 38.1 Å². The molecule has 0 amide bonds. The molecule has 2 aromatic rings. The van der Waals surface area contributed by atoms with Gasteiger partial charge in [-0.3, -0.25) is 0 Å². The van der Waals surface area contributed by atoms with Gasteiger partial charge >= 0.3 is 0 Å². The molecular formula is C11H14BrN3O. The summed E-state index contributed by atoms with van der Waals surface area (Å²) in [5, 5.41) is 3.39. The van der Waals surface area contributed by atoms with Crippen molar-refractivity contribution in [2.24, 2.45) is 0 Å². The maximum Gasteiger partial charge on any atom is 0.169 e. The third-order valence-electron chi connectivity index (χ3n) is 2.42. The zero-order valence-corrected chi connectivity index (χ0v) is 10.6. The van der Waals surface area contributed by atoms with Crippen LogP contribution >= 0.6 is 15.9 Å². The van der Waals surface area contributed by atoms with Crippen LogP contribution in [0, 0.1) is 0 Å². The number of halogens is 1. The average molecular weight is 284 g/mol. The van der Waals surface area contributed by atoms with Gasteiger partial charge in [0.2, 0.25) is 0 Å². The van der Waals surface area contributed by atoms with Gasteiger partial charge in [0.1, 0.15) is 5.76 Å². The predicted octanol–water partition coefficient (Wildman–Crippen LogP) is 2.66. The van der Waals surface area contributed by atoms with Crippen molar-refractivity contribution < 1.29 is 4.42 Å². The van der Waals surface area contributed by atoms with Crippen LogP contribution in [0.3, 0.4) is 0 Å². The van der Waals surface area contributed by atoms with Crippen LogP contribution in [0.1, 0.15) is 24.4 Å². The number of aromatic amines is 1. The molecule has 0 fully saturated rings. The zero-order valence-electron chi connectivity index (χ0n) is 9.03. The van der Waals surface area contributed by atoms with E-state index in [9.17, 15) is 0 Å². The molecule has 0 bridgehead atoms. The lowest BCUT2D eigenvalue weighted by molar-refractivity contribution is 0.420. The molecule has 5 heteroatoms. The van der Waals surface area contributed by atoms with E-state index in [0.717, 1.165) is 29.1 Å². The lowest BCUT2D eigenvalue weighted by Crippen LogP contribution is -2.21. The summed E-state index contributed by atoms with van der Waals surface area (Å²) in [6, 6.07) is 4.09. The Labute approximate surface area is 103 Å². The third kappa shape index (κ3) is 2.96. The van der Waals surface area contributed by atoms with Crippen LogP contribution in [0.5, 0.6) is 0 Å². The van der Waals surface area contributed by atoms with Crippen LogP contribution in [0.2, 0.25) is 0 Å². The summed E-state index contributed by atoms with van der Waals surface area (Å²) < 4.78 is 6.24. The predicted molar refractivity (Wildman–Crippen MR) is 65.1 cm³/mol. The highest BCUT2D eigenvalue weighted by atomic mass is 79.9. The van der Waals surface area contributed by atoms with E-state index in [4.69, 9.17) is 4.42 Å². The van der Waals surface area contributed by atoms with Crippen molar-refractivity contribution in [1.29, 1.82) is 0 Å². The first-order valence-corrected chi connectivity index (χ1v) is 6.01. The van der Waals surface area contributed by atoms with Gasteiger partial charge in [0, 0.05) is 24.9 Å². The molecule has 0 radical (unpaired) electrons. The highest BCUT2D eigenvalue weighted by molar-refractivity contribution is 9.10. The molecule has 0 aliphatic rings. The van der Waals surface area contributed by atoms with Crippen LogP contribution in [0.25, 0.3) is 0 Å². The van der Waals surface area contributed by atoms with E-state index < -0.39 is 0 Å². The number of hydrogen-bond donors (Lipinski definition) is 2. The van der Waals surface area contributed by atoms with E-state index in [1.807, 2.05) is 18.3 Å². The summed E-state index contributed by atoms with van der Waals surface area (Å²) in [6.07, 6.45) is 4.48. The molecule has 0 aliphatic heterocycles. The summed E-state index contributed by atoms with van der Waals surface area (Å²) in [5.41, 5.74) is 1.14. The van der Waals surface area contributed by atoms with Gasteiger partial charge in [0.05, 0.1) is 12.4 Å². The summed E-state index contributed by atoms with van der Waals surface area (Å²) in [6.45, 7) is 2.97. The first kappa shape index (κ1) is 11.4. The number of nitrogens with one attached hydrogen (secondary N) is 2. The maximum atomic E-state index is 5.47. The van der Waals surface area contributed by atoms with E-state index in [1.54, 1.807) is 6.33 Å². The molecular weight excluding hydrogens is 270 g/mol. The Bertz CT molecular complexity index is 424. The van der Waals surface area contributed by atoms with Gasteiger partial charge < -0.3 is 14.7 Å². The van der Waals surface area contributed by atoms with E-state index >= 15 is 0 Å². The number of aromatic nitrogens is 2. The number of nitrogens with zero attached hydrogens (tertiary/aromatic N) is 1. The van der Waals surface area contributed by atoms with Crippen molar-refractivity contribution in [2.75, 3.05) is 6.54 Å². The maximum absolute atomic E-state index is 5.47. The number of hydrogen-bond acceptors (Lipinski definition) is 3. The minimum absolute atomic E-state index is 0.217. The van der Waals surface area contributed by atoms with Gasteiger partial charge in [-0.2, -0.15) is 0 Å². The van der Waals surface area contributed by atoms with Gasteiger partial charge in [0.25, 0.3) is 0 Å². The van der Waals surface area contributed by atoms with Crippen molar-refractivity contribution in [3.63, 3.8) is 0 Å². The Hall–Kier alpha value is -1.07. The van der Waals surface area contributed by atoms with Crippen molar-refractivity contribution >= 4 is 15.9 Å². The van der Waals surface area contributed by atoms with Crippen molar-refractivity contribution in [3.8, 4) is 0 Å². The Morgan fingerprint density at radius 3 is 3.06 bits per heavy atom. The Kier molecular flexibility index (Phi) is 3.79. The van der Waals surface area contributed by atoms with Crippen LogP contribution in [0.15, 0.2) is 33.7 Å². The van der Waals surface area contributed by atoms with Crippen molar-refractivity contribution in [2.45, 2.75) is 19.4 Å². The molecule has 16 heavy (non-hydrogen) atoms. The monoisotopic (exact) mass is 283 g/mol. The second kappa shape index (κ2) is 5.32. The fourth-order valence-electron chi connectivity index (χ4n) is 1.51. The number of imidazole rings is 1. The molecule has 2 aromatic heterocycles. The smallest absolute Gasteiger partial charge is 0.169 e. The van der Waals surface area contributed by atoms with Gasteiger partial charge in [-0.05, 0) is 35.0 Å². The Morgan fingerprint density at radius 1 is 1.56 bits per heavy atom. The molecule has 0 saturated carbocycles. The van der Waals surface area contributed by atoms with Crippen LogP contribution in [-0.2, 0) is 6.42 Å². The van der Waals surface area contributed by atoms with Gasteiger partial charge in [0.15, 0.2) is 4.67 Å². The molecule has 86 valence electrons. The fraction of sp³-hybridized carbons (Fsp3) is 0.364. The molecule has 2 rings (SSSR count). The van der Waals surface area contributed by atoms with Crippen LogP contribution in [-0.4, -0.2) is 16.5 Å². The molecule has 2 heterocycles. The zero-order chi connectivity index (χ0) is 11.4. The topological polar surface area (TPSA) is 53.9 Å². The van der Waals surface area contributed by atoms with Gasteiger partial charge in [-0.15, -0.1) is 0 Å². The molecule has 1 unspecified atom stereocenters. The van der Waals surface area contributed by atoms with E-state index in [1.165, 1.54) is 0 Å². The summed E-state index contributed by atoms with van der Waals surface area (Å²) in [5.74, 6) is 0.941. The Morgan fingerprint density at radius 2 is 2.44 bits per heavy atom. The first-order valence-electron chi connectivity index (χ1n) is 5.21. The van der Waals surface area contributed by atoms with E-state index in [0.29, 0.717) is 0 Å². The molecule has 4 nitrogen and oxygen atoms in total. The van der Waals surface area contributed by atoms with Crippen LogP contribution < -0.4 is 5.32 Å². The summed E-state index contributed by atoms with van der Waals surface area (Å²) in [7, 11) is 0. The molecule has 0 saturated heterocycles. The number of furan rings is 1. The summed E-state index contributed by atoms with van der Waals surface area (Å²) in [4.78, 5) is 7.05. The largest absolute Gasteiger partial charge is 0.453 e. The molecule has 0 aliphatic carbocycles. The molecule has 0 spiro atoms. The van der Waals surface area contributed by atoms with Crippen molar-refractivity contribution in [1.82, 2.24) is 15.3 Å². The second-order valence-corrected chi connectivity index (χ2v) is 4.43. The highest BCUT2D eigenvalue weighted by Gasteiger charge is 2.08. The van der Waals surface area contributed by atoms with E-state index in [-0.39, 0.29) is 6.04 Å². The van der Waals surface area contributed by atoms with Crippen molar-refractivity contribution in [3.05, 3.63) is 40.8 Å². The van der Waals surface area contributed by atoms with Gasteiger partial charge in [-0.25, -0.2) is 4.98 Å². The van der Waals surface area contributed by atoms with Gasteiger partial charge in [-0.1, -0.05) is 0 Å². The van der Waals surface area contributed by atoms with Crippen LogP contribution in [0.4, 0.5) is 0 Å². The number of rotatable bonds is 5. The highest BCUT2D eigenvalue weighted by Crippen LogP contribution is 2.19.